The highest BCUT2D eigenvalue weighted by atomic mass is 16.6. The quantitative estimate of drug-likeness (QED) is 0.644. The molecule has 0 unspecified atom stereocenters. The van der Waals surface area contributed by atoms with Crippen LogP contribution >= 0.6 is 0 Å². The van der Waals surface area contributed by atoms with Crippen molar-refractivity contribution in [1.82, 2.24) is 0 Å². The number of hydrogen-bond donors (Lipinski definition) is 3. The van der Waals surface area contributed by atoms with E-state index in [2.05, 4.69) is 0 Å². The van der Waals surface area contributed by atoms with Crippen LogP contribution in [0.3, 0.4) is 0 Å². The van der Waals surface area contributed by atoms with Crippen LogP contribution in [0.25, 0.3) is 0 Å². The third-order valence-corrected chi connectivity index (χ3v) is 7.25. The van der Waals surface area contributed by atoms with Crippen LogP contribution in [0.1, 0.15) is 76.2 Å². The average molecular weight is 421 g/mol. The smallest absolute Gasteiger partial charge is 0.311 e. The second kappa shape index (κ2) is 7.54. The first kappa shape index (κ1) is 22.6. The first-order valence-corrected chi connectivity index (χ1v) is 10.4. The number of rotatable bonds is 3. The van der Waals surface area contributed by atoms with Gasteiger partial charge in [-0.05, 0) is 42.9 Å². The molecule has 3 N–H and O–H groups in total. The minimum absolute atomic E-state index is 0.0443. The van der Waals surface area contributed by atoms with Crippen molar-refractivity contribution in [1.29, 1.82) is 0 Å². The number of phenolic OH excluding ortho intramolecular Hbond substituents is 1. The first-order valence-electron chi connectivity index (χ1n) is 10.4. The molecule has 2 aliphatic rings. The molecule has 2 aliphatic carbocycles. The number of aliphatic hydroxyl groups is 2. The van der Waals surface area contributed by atoms with Crippen LogP contribution in [0.5, 0.6) is 5.75 Å². The average Bonchev–Trinajstić information content (AvgIpc) is 2.67. The van der Waals surface area contributed by atoms with Crippen molar-refractivity contribution in [3.05, 3.63) is 28.8 Å². The molecule has 0 bridgehead atoms. The SMILES string of the molecule is COC(=O)[C@]1(C)CC[C@H](O)[C@]2(C)c3c(O)cc(C(C)C)cc3[C@@H](O)[C@@H](OC(C)=O)[C@H]21. The van der Waals surface area contributed by atoms with Gasteiger partial charge in [-0.15, -0.1) is 0 Å². The van der Waals surface area contributed by atoms with E-state index in [4.69, 9.17) is 9.47 Å². The molecule has 1 aromatic carbocycles. The van der Waals surface area contributed by atoms with Crippen molar-refractivity contribution in [2.45, 2.75) is 77.1 Å². The van der Waals surface area contributed by atoms with Crippen LogP contribution < -0.4 is 0 Å². The summed E-state index contributed by atoms with van der Waals surface area (Å²) >= 11 is 0. The van der Waals surface area contributed by atoms with E-state index in [1.807, 2.05) is 13.8 Å². The minimum atomic E-state index is -1.26. The zero-order chi connectivity index (χ0) is 22.6. The van der Waals surface area contributed by atoms with Crippen LogP contribution in [-0.2, 0) is 24.5 Å². The van der Waals surface area contributed by atoms with Gasteiger partial charge in [-0.1, -0.05) is 26.8 Å². The summed E-state index contributed by atoms with van der Waals surface area (Å²) in [7, 11) is 1.29. The predicted octanol–water partition coefficient (Wildman–Crippen LogP) is 2.70. The van der Waals surface area contributed by atoms with Gasteiger partial charge in [0.05, 0.1) is 18.6 Å². The predicted molar refractivity (Wildman–Crippen MR) is 109 cm³/mol. The number of fused-ring (bicyclic) bond motifs is 3. The van der Waals surface area contributed by atoms with E-state index in [1.165, 1.54) is 14.0 Å². The van der Waals surface area contributed by atoms with E-state index >= 15 is 0 Å². The molecule has 7 nitrogen and oxygen atoms in total. The normalized spacial score (nSPS) is 35.4. The molecule has 166 valence electrons. The zero-order valence-electron chi connectivity index (χ0n) is 18.4. The molecule has 1 saturated carbocycles. The number of methoxy groups -OCH3 is 1. The van der Waals surface area contributed by atoms with Crippen LogP contribution in [0.15, 0.2) is 12.1 Å². The summed E-state index contributed by atoms with van der Waals surface area (Å²) in [5, 5.41) is 33.5. The third-order valence-electron chi connectivity index (χ3n) is 7.25. The van der Waals surface area contributed by atoms with E-state index in [0.29, 0.717) is 24.0 Å². The maximum atomic E-state index is 12.9. The number of aromatic hydroxyl groups is 1. The molecule has 0 aliphatic heterocycles. The number of hydrogen-bond acceptors (Lipinski definition) is 7. The van der Waals surface area contributed by atoms with E-state index in [-0.39, 0.29) is 11.7 Å². The Morgan fingerprint density at radius 3 is 2.37 bits per heavy atom. The minimum Gasteiger partial charge on any atom is -0.508 e. The standard InChI is InChI=1S/C23H32O7/c1-11(2)13-9-14-17(15(25)10-13)23(5)16(26)7-8-22(4,21(28)29-6)20(23)19(18(14)27)30-12(3)24/h9-11,16,18-20,25-27H,7-8H2,1-6H3/t16-,18+,19+,20-,22+,23+/m0/s1. The summed E-state index contributed by atoms with van der Waals surface area (Å²) in [5.74, 6) is -1.86. The van der Waals surface area contributed by atoms with Crippen molar-refractivity contribution in [3.8, 4) is 5.75 Å². The van der Waals surface area contributed by atoms with Crippen LogP contribution in [-0.4, -0.2) is 46.6 Å². The number of benzene rings is 1. The number of esters is 2. The van der Waals surface area contributed by atoms with E-state index in [9.17, 15) is 24.9 Å². The third kappa shape index (κ3) is 3.10. The molecule has 0 heterocycles. The van der Waals surface area contributed by atoms with Crippen molar-refractivity contribution in [2.75, 3.05) is 7.11 Å². The van der Waals surface area contributed by atoms with Gasteiger partial charge in [0.25, 0.3) is 0 Å². The highest BCUT2D eigenvalue weighted by molar-refractivity contribution is 5.78. The molecule has 30 heavy (non-hydrogen) atoms. The number of aliphatic hydroxyl groups excluding tert-OH is 2. The Balaban J connectivity index is 2.35. The molecule has 3 rings (SSSR count). The van der Waals surface area contributed by atoms with Gasteiger partial charge in [0.15, 0.2) is 0 Å². The monoisotopic (exact) mass is 420 g/mol. The summed E-state index contributed by atoms with van der Waals surface area (Å²) in [6, 6.07) is 3.43. The van der Waals surface area contributed by atoms with Crippen LogP contribution in [0, 0.1) is 11.3 Å². The van der Waals surface area contributed by atoms with Crippen LogP contribution in [0.4, 0.5) is 0 Å². The summed E-state index contributed by atoms with van der Waals surface area (Å²) in [5.41, 5.74) is -0.651. The molecular formula is C23H32O7. The molecule has 6 atom stereocenters. The lowest BCUT2D eigenvalue weighted by Crippen LogP contribution is -2.64. The lowest BCUT2D eigenvalue weighted by molar-refractivity contribution is -0.199. The number of carbonyl (C=O) groups excluding carboxylic acids is 2. The summed E-state index contributed by atoms with van der Waals surface area (Å²) in [4.78, 5) is 24.8. The van der Waals surface area contributed by atoms with Gasteiger partial charge < -0.3 is 24.8 Å². The van der Waals surface area contributed by atoms with E-state index in [0.717, 1.165) is 5.56 Å². The van der Waals surface area contributed by atoms with Gasteiger partial charge >= 0.3 is 11.9 Å². The second-order valence-corrected chi connectivity index (χ2v) is 9.40. The Hall–Kier alpha value is -2.12. The Kier molecular flexibility index (Phi) is 5.67. The molecule has 1 aromatic rings. The largest absolute Gasteiger partial charge is 0.508 e. The molecule has 0 radical (unpaired) electrons. The Morgan fingerprint density at radius 1 is 1.20 bits per heavy atom. The maximum absolute atomic E-state index is 12.9. The molecule has 0 saturated heterocycles. The van der Waals surface area contributed by atoms with Gasteiger partial charge in [-0.3, -0.25) is 9.59 Å². The van der Waals surface area contributed by atoms with Gasteiger partial charge in [0.1, 0.15) is 18.0 Å². The Bertz CT molecular complexity index is 863. The summed E-state index contributed by atoms with van der Waals surface area (Å²) in [6.07, 6.45) is -2.67. The fourth-order valence-electron chi connectivity index (χ4n) is 5.76. The number of phenols is 1. The zero-order valence-corrected chi connectivity index (χ0v) is 18.4. The Morgan fingerprint density at radius 2 is 1.83 bits per heavy atom. The molecule has 1 fully saturated rings. The van der Waals surface area contributed by atoms with Gasteiger partial charge in [-0.2, -0.15) is 0 Å². The number of ether oxygens (including phenoxy) is 2. The fourth-order valence-corrected chi connectivity index (χ4v) is 5.76. The van der Waals surface area contributed by atoms with Crippen molar-refractivity contribution in [2.24, 2.45) is 11.3 Å². The fraction of sp³-hybridized carbons (Fsp3) is 0.652. The van der Waals surface area contributed by atoms with E-state index < -0.39 is 47.0 Å². The van der Waals surface area contributed by atoms with Gasteiger partial charge in [-0.25, -0.2) is 0 Å². The summed E-state index contributed by atoms with van der Waals surface area (Å²) < 4.78 is 10.7. The lowest BCUT2D eigenvalue weighted by Gasteiger charge is -2.59. The van der Waals surface area contributed by atoms with E-state index in [1.54, 1.807) is 26.0 Å². The summed E-state index contributed by atoms with van der Waals surface area (Å²) in [6.45, 7) is 8.65. The van der Waals surface area contributed by atoms with Gasteiger partial charge in [0.2, 0.25) is 0 Å². The Labute approximate surface area is 177 Å². The molecule has 0 aromatic heterocycles. The highest BCUT2D eigenvalue weighted by Crippen LogP contribution is 2.62. The number of carbonyl (C=O) groups is 2. The molecule has 7 heteroatoms. The highest BCUT2D eigenvalue weighted by Gasteiger charge is 2.66. The van der Waals surface area contributed by atoms with Crippen molar-refractivity contribution >= 4 is 11.9 Å². The van der Waals surface area contributed by atoms with Gasteiger partial charge in [0, 0.05) is 23.8 Å². The van der Waals surface area contributed by atoms with Crippen molar-refractivity contribution < 1.29 is 34.4 Å². The second-order valence-electron chi connectivity index (χ2n) is 9.40. The molecular weight excluding hydrogens is 388 g/mol. The molecule has 0 amide bonds. The lowest BCUT2D eigenvalue weighted by atomic mass is 9.47. The first-order chi connectivity index (χ1) is 13.9. The van der Waals surface area contributed by atoms with Crippen LogP contribution in [0.2, 0.25) is 0 Å². The van der Waals surface area contributed by atoms with Crippen molar-refractivity contribution in [3.63, 3.8) is 0 Å². The molecule has 0 spiro atoms. The topological polar surface area (TPSA) is 113 Å². The maximum Gasteiger partial charge on any atom is 0.311 e.